The predicted octanol–water partition coefficient (Wildman–Crippen LogP) is 2.07. The van der Waals surface area contributed by atoms with E-state index < -0.39 is 0 Å². The van der Waals surface area contributed by atoms with E-state index in [4.69, 9.17) is 16.1 Å². The molecule has 0 aliphatic carbocycles. The maximum absolute atomic E-state index is 5.54. The van der Waals surface area contributed by atoms with E-state index in [-0.39, 0.29) is 0 Å². The van der Waals surface area contributed by atoms with E-state index in [1.165, 1.54) is 0 Å². The first-order chi connectivity index (χ1) is 4.75. The van der Waals surface area contributed by atoms with Gasteiger partial charge in [0.2, 0.25) is 0 Å². The van der Waals surface area contributed by atoms with Crippen molar-refractivity contribution in [3.8, 4) is 0 Å². The molecular formula is C7H10ClNO. The number of hydrogen-bond donors (Lipinski definition) is 0. The van der Waals surface area contributed by atoms with Crippen LogP contribution in [0.4, 0.5) is 0 Å². The Morgan fingerprint density at radius 1 is 1.50 bits per heavy atom. The Bertz CT molecular complexity index is 219. The van der Waals surface area contributed by atoms with Crippen molar-refractivity contribution in [2.75, 3.05) is 5.88 Å². The molecule has 0 unspecified atom stereocenters. The molecule has 1 aromatic rings. The summed E-state index contributed by atoms with van der Waals surface area (Å²) >= 11 is 5.54. The van der Waals surface area contributed by atoms with Gasteiger partial charge in [-0.1, -0.05) is 5.16 Å². The molecule has 0 radical (unpaired) electrons. The van der Waals surface area contributed by atoms with Gasteiger partial charge in [0.05, 0.1) is 5.69 Å². The lowest BCUT2D eigenvalue weighted by molar-refractivity contribution is 0.390. The van der Waals surface area contributed by atoms with Gasteiger partial charge < -0.3 is 4.52 Å². The molecule has 2 nitrogen and oxygen atoms in total. The van der Waals surface area contributed by atoms with E-state index in [9.17, 15) is 0 Å². The van der Waals surface area contributed by atoms with E-state index in [0.717, 1.165) is 23.4 Å². The topological polar surface area (TPSA) is 26.0 Å². The van der Waals surface area contributed by atoms with Crippen LogP contribution in [0.25, 0.3) is 0 Å². The number of rotatable bonds is 2. The number of aromatic nitrogens is 1. The molecule has 0 N–H and O–H groups in total. The van der Waals surface area contributed by atoms with Crippen LogP contribution < -0.4 is 0 Å². The highest BCUT2D eigenvalue weighted by molar-refractivity contribution is 6.17. The van der Waals surface area contributed by atoms with Gasteiger partial charge in [-0.3, -0.25) is 0 Å². The van der Waals surface area contributed by atoms with Gasteiger partial charge in [-0.05, 0) is 13.8 Å². The largest absolute Gasteiger partial charge is 0.361 e. The molecule has 0 saturated heterocycles. The lowest BCUT2D eigenvalue weighted by atomic mass is 10.2. The highest BCUT2D eigenvalue weighted by Gasteiger charge is 2.05. The molecular weight excluding hydrogens is 150 g/mol. The first-order valence-corrected chi connectivity index (χ1v) is 3.77. The van der Waals surface area contributed by atoms with E-state index in [1.54, 1.807) is 0 Å². The van der Waals surface area contributed by atoms with Crippen molar-refractivity contribution in [1.82, 2.24) is 5.16 Å². The third-order valence-electron chi connectivity index (χ3n) is 1.59. The van der Waals surface area contributed by atoms with Crippen LogP contribution in [0.15, 0.2) is 4.52 Å². The molecule has 3 heteroatoms. The van der Waals surface area contributed by atoms with E-state index in [1.807, 2.05) is 13.8 Å². The van der Waals surface area contributed by atoms with Crippen LogP contribution >= 0.6 is 11.6 Å². The highest BCUT2D eigenvalue weighted by atomic mass is 35.5. The van der Waals surface area contributed by atoms with Crippen molar-refractivity contribution < 1.29 is 4.52 Å². The third-order valence-corrected chi connectivity index (χ3v) is 1.77. The average Bonchev–Trinajstić information content (AvgIpc) is 2.20. The highest BCUT2D eigenvalue weighted by Crippen LogP contribution is 2.11. The van der Waals surface area contributed by atoms with Crippen molar-refractivity contribution in [3.05, 3.63) is 17.0 Å². The zero-order chi connectivity index (χ0) is 7.56. The molecule has 0 aromatic carbocycles. The Labute approximate surface area is 65.2 Å². The third kappa shape index (κ3) is 1.32. The average molecular weight is 160 g/mol. The number of aryl methyl sites for hydroxylation is 2. The minimum absolute atomic E-state index is 0.604. The lowest BCUT2D eigenvalue weighted by Gasteiger charge is -1.88. The van der Waals surface area contributed by atoms with E-state index >= 15 is 0 Å². The Morgan fingerprint density at radius 3 is 2.60 bits per heavy atom. The van der Waals surface area contributed by atoms with Gasteiger partial charge in [0.1, 0.15) is 5.76 Å². The Hall–Kier alpha value is -0.500. The standard InChI is InChI=1S/C7H10ClNO/c1-5-6(2)10-9-7(5)3-4-8/h3-4H2,1-2H3. The summed E-state index contributed by atoms with van der Waals surface area (Å²) in [7, 11) is 0. The smallest absolute Gasteiger partial charge is 0.136 e. The number of halogens is 1. The summed E-state index contributed by atoms with van der Waals surface area (Å²) in [6, 6.07) is 0. The molecule has 56 valence electrons. The number of nitrogens with zero attached hydrogens (tertiary/aromatic N) is 1. The summed E-state index contributed by atoms with van der Waals surface area (Å²) in [6.07, 6.45) is 0.796. The zero-order valence-corrected chi connectivity index (χ0v) is 6.90. The maximum Gasteiger partial charge on any atom is 0.136 e. The molecule has 0 atom stereocenters. The van der Waals surface area contributed by atoms with Gasteiger partial charge >= 0.3 is 0 Å². The molecule has 0 bridgehead atoms. The fourth-order valence-electron chi connectivity index (χ4n) is 0.786. The molecule has 0 aliphatic heterocycles. The molecule has 1 heterocycles. The van der Waals surface area contributed by atoms with Crippen LogP contribution in [0, 0.1) is 13.8 Å². The van der Waals surface area contributed by atoms with Crippen LogP contribution in [0.3, 0.4) is 0 Å². The fourth-order valence-corrected chi connectivity index (χ4v) is 0.965. The van der Waals surface area contributed by atoms with Crippen LogP contribution in [0.1, 0.15) is 17.0 Å². The first-order valence-electron chi connectivity index (χ1n) is 3.23. The molecule has 1 aromatic heterocycles. The lowest BCUT2D eigenvalue weighted by Crippen LogP contribution is -1.88. The van der Waals surface area contributed by atoms with Gasteiger partial charge in [0.25, 0.3) is 0 Å². The second-order valence-electron chi connectivity index (χ2n) is 2.25. The van der Waals surface area contributed by atoms with Gasteiger partial charge in [0.15, 0.2) is 0 Å². The fraction of sp³-hybridized carbons (Fsp3) is 0.571. The summed E-state index contributed by atoms with van der Waals surface area (Å²) in [5.41, 5.74) is 2.10. The summed E-state index contributed by atoms with van der Waals surface area (Å²) < 4.78 is 4.94. The Balaban J connectivity index is 2.83. The van der Waals surface area contributed by atoms with Crippen LogP contribution in [-0.4, -0.2) is 11.0 Å². The quantitative estimate of drug-likeness (QED) is 0.618. The number of hydrogen-bond acceptors (Lipinski definition) is 2. The van der Waals surface area contributed by atoms with Crippen LogP contribution in [-0.2, 0) is 6.42 Å². The van der Waals surface area contributed by atoms with Gasteiger partial charge in [-0.2, -0.15) is 0 Å². The SMILES string of the molecule is Cc1onc(CCCl)c1C. The normalized spacial score (nSPS) is 10.3. The Morgan fingerprint density at radius 2 is 2.20 bits per heavy atom. The van der Waals surface area contributed by atoms with Crippen molar-refractivity contribution in [2.24, 2.45) is 0 Å². The van der Waals surface area contributed by atoms with Gasteiger partial charge in [0, 0.05) is 17.9 Å². The minimum Gasteiger partial charge on any atom is -0.361 e. The number of alkyl halides is 1. The van der Waals surface area contributed by atoms with Crippen molar-refractivity contribution in [2.45, 2.75) is 20.3 Å². The molecule has 0 amide bonds. The van der Waals surface area contributed by atoms with Crippen LogP contribution in [0.2, 0.25) is 0 Å². The monoisotopic (exact) mass is 159 g/mol. The molecule has 0 aliphatic rings. The Kier molecular flexibility index (Phi) is 2.33. The molecule has 0 spiro atoms. The van der Waals surface area contributed by atoms with Gasteiger partial charge in [-0.25, -0.2) is 0 Å². The summed E-state index contributed by atoms with van der Waals surface area (Å²) in [5.74, 6) is 1.49. The summed E-state index contributed by atoms with van der Waals surface area (Å²) in [5, 5.41) is 3.85. The first kappa shape index (κ1) is 7.61. The summed E-state index contributed by atoms with van der Waals surface area (Å²) in [4.78, 5) is 0. The van der Waals surface area contributed by atoms with Crippen molar-refractivity contribution >= 4 is 11.6 Å². The van der Waals surface area contributed by atoms with Gasteiger partial charge in [-0.15, -0.1) is 11.6 Å². The maximum atomic E-state index is 5.54. The second kappa shape index (κ2) is 3.06. The zero-order valence-electron chi connectivity index (χ0n) is 6.15. The summed E-state index contributed by atoms with van der Waals surface area (Å²) in [6.45, 7) is 3.90. The molecule has 1 rings (SSSR count). The van der Waals surface area contributed by atoms with E-state index in [0.29, 0.717) is 5.88 Å². The van der Waals surface area contributed by atoms with E-state index in [2.05, 4.69) is 5.16 Å². The second-order valence-corrected chi connectivity index (χ2v) is 2.63. The predicted molar refractivity (Wildman–Crippen MR) is 40.4 cm³/mol. The van der Waals surface area contributed by atoms with Crippen molar-refractivity contribution in [3.63, 3.8) is 0 Å². The van der Waals surface area contributed by atoms with Crippen molar-refractivity contribution in [1.29, 1.82) is 0 Å². The van der Waals surface area contributed by atoms with Crippen LogP contribution in [0.5, 0.6) is 0 Å². The molecule has 0 saturated carbocycles. The molecule has 0 fully saturated rings. The minimum atomic E-state index is 0.604. The molecule has 10 heavy (non-hydrogen) atoms.